The fourth-order valence-electron chi connectivity index (χ4n) is 7.83. The molecule has 0 spiro atoms. The summed E-state index contributed by atoms with van der Waals surface area (Å²) in [6.45, 7) is 0. The number of nitrogens with zero attached hydrogens (tertiary/aromatic N) is 1. The average Bonchev–Trinajstić information content (AvgIpc) is 3.56. The smallest absolute Gasteiger partial charge is 0.159 e. The van der Waals surface area contributed by atoms with Gasteiger partial charge >= 0.3 is 0 Å². The van der Waals surface area contributed by atoms with Gasteiger partial charge in [-0.05, 0) is 80.4 Å². The lowest BCUT2D eigenvalue weighted by atomic mass is 9.88. The number of fused-ring (bicyclic) bond motifs is 10. The monoisotopic (exact) mass is 637 g/mol. The Bertz CT molecular complexity index is 2640. The fraction of sp³-hybridized carbons (Fsp3) is 0. The number of benzene rings is 8. The van der Waals surface area contributed by atoms with Gasteiger partial charge in [0, 0.05) is 22.0 Å². The standard InChI is InChI=1S/C48H31NO/c1-2-14-32(15-3-1)33-28-30-34(31-29-33)49(45-26-13-24-42-39-20-9-11-27-46(39)50-48(42)45)44-25-10-8-21-43(44)47-40-22-12-23-41(47)38-19-7-5-17-36(38)35-16-4-6-18-37(35)40/h1-31H. The Morgan fingerprint density at radius 3 is 1.50 bits per heavy atom. The minimum Gasteiger partial charge on any atom is -0.454 e. The van der Waals surface area contributed by atoms with Crippen molar-refractivity contribution in [3.05, 3.63) is 188 Å². The van der Waals surface area contributed by atoms with Gasteiger partial charge < -0.3 is 9.32 Å². The molecule has 8 aromatic carbocycles. The van der Waals surface area contributed by atoms with Gasteiger partial charge in [0.05, 0.1) is 11.4 Å². The first-order chi connectivity index (χ1) is 24.8. The number of para-hydroxylation sites is 3. The Balaban J connectivity index is 1.26. The summed E-state index contributed by atoms with van der Waals surface area (Å²) in [5, 5.41) is 2.21. The first-order valence-corrected chi connectivity index (χ1v) is 17.1. The van der Waals surface area contributed by atoms with Crippen molar-refractivity contribution < 1.29 is 4.42 Å². The van der Waals surface area contributed by atoms with Gasteiger partial charge in [-0.25, -0.2) is 0 Å². The maximum absolute atomic E-state index is 6.70. The molecule has 1 aromatic heterocycles. The first kappa shape index (κ1) is 28.4. The van der Waals surface area contributed by atoms with Crippen molar-refractivity contribution in [3.8, 4) is 55.6 Å². The second-order valence-electron chi connectivity index (χ2n) is 12.8. The summed E-state index contributed by atoms with van der Waals surface area (Å²) in [4.78, 5) is 2.38. The van der Waals surface area contributed by atoms with Crippen LogP contribution in [0.3, 0.4) is 0 Å². The van der Waals surface area contributed by atoms with E-state index in [1.807, 2.05) is 6.07 Å². The number of hydrogen-bond donors (Lipinski definition) is 0. The largest absolute Gasteiger partial charge is 0.454 e. The zero-order valence-corrected chi connectivity index (χ0v) is 27.3. The van der Waals surface area contributed by atoms with E-state index in [1.165, 1.54) is 50.1 Å². The number of furan rings is 1. The lowest BCUT2D eigenvalue weighted by Gasteiger charge is -2.29. The van der Waals surface area contributed by atoms with Gasteiger partial charge in [0.2, 0.25) is 0 Å². The van der Waals surface area contributed by atoms with Crippen LogP contribution in [0.25, 0.3) is 77.6 Å². The van der Waals surface area contributed by atoms with Gasteiger partial charge in [-0.3, -0.25) is 0 Å². The van der Waals surface area contributed by atoms with Crippen molar-refractivity contribution >= 4 is 39.0 Å². The highest BCUT2D eigenvalue weighted by molar-refractivity contribution is 6.12. The van der Waals surface area contributed by atoms with Crippen molar-refractivity contribution in [3.63, 3.8) is 0 Å². The molecule has 1 aliphatic carbocycles. The maximum Gasteiger partial charge on any atom is 0.159 e. The average molecular weight is 638 g/mol. The summed E-state index contributed by atoms with van der Waals surface area (Å²) in [5.74, 6) is 0. The fourth-order valence-corrected chi connectivity index (χ4v) is 7.83. The highest BCUT2D eigenvalue weighted by atomic mass is 16.3. The predicted octanol–water partition coefficient (Wildman–Crippen LogP) is 13.7. The number of rotatable bonds is 5. The molecular formula is C48H31NO. The third kappa shape index (κ3) is 4.43. The van der Waals surface area contributed by atoms with E-state index in [4.69, 9.17) is 4.42 Å². The van der Waals surface area contributed by atoms with Gasteiger partial charge in [0.25, 0.3) is 0 Å². The normalized spacial score (nSPS) is 11.6. The summed E-state index contributed by atoms with van der Waals surface area (Å²) in [6, 6.07) is 67.5. The van der Waals surface area contributed by atoms with E-state index in [1.54, 1.807) is 0 Å². The molecule has 0 atom stereocenters. The molecule has 50 heavy (non-hydrogen) atoms. The lowest BCUT2D eigenvalue weighted by Crippen LogP contribution is -2.12. The molecule has 9 aromatic rings. The zero-order valence-electron chi connectivity index (χ0n) is 27.3. The van der Waals surface area contributed by atoms with Crippen molar-refractivity contribution in [2.75, 3.05) is 4.90 Å². The van der Waals surface area contributed by atoms with Crippen LogP contribution in [0.1, 0.15) is 0 Å². The SMILES string of the molecule is c1ccc(-c2ccc(N(c3ccccc3-c3c4cccc3-c3ccccc3-c3ccccc3-4)c3cccc4c3oc3ccccc34)cc2)cc1. The van der Waals surface area contributed by atoms with E-state index >= 15 is 0 Å². The van der Waals surface area contributed by atoms with Crippen LogP contribution in [0, 0.1) is 0 Å². The molecule has 10 rings (SSSR count). The van der Waals surface area contributed by atoms with Crippen molar-refractivity contribution in [2.24, 2.45) is 0 Å². The summed E-state index contributed by atoms with van der Waals surface area (Å²) in [5.41, 5.74) is 17.1. The second-order valence-corrected chi connectivity index (χ2v) is 12.8. The molecule has 1 aliphatic rings. The third-order valence-electron chi connectivity index (χ3n) is 10.1. The molecule has 0 fully saturated rings. The Hall–Kier alpha value is -6.64. The molecule has 0 amide bonds. The quantitative estimate of drug-likeness (QED) is 0.187. The molecule has 234 valence electrons. The molecule has 0 saturated carbocycles. The van der Waals surface area contributed by atoms with Crippen molar-refractivity contribution in [1.29, 1.82) is 0 Å². The van der Waals surface area contributed by atoms with Crippen LogP contribution in [0.5, 0.6) is 0 Å². The molecule has 0 radical (unpaired) electrons. The molecule has 0 N–H and O–H groups in total. The van der Waals surface area contributed by atoms with E-state index in [0.717, 1.165) is 44.6 Å². The Labute approximate surface area is 291 Å². The van der Waals surface area contributed by atoms with Gasteiger partial charge in [0.15, 0.2) is 5.58 Å². The van der Waals surface area contributed by atoms with Crippen molar-refractivity contribution in [2.45, 2.75) is 0 Å². The van der Waals surface area contributed by atoms with E-state index in [9.17, 15) is 0 Å². The Kier molecular flexibility index (Phi) is 6.53. The minimum absolute atomic E-state index is 0.865. The zero-order chi connectivity index (χ0) is 33.0. The van der Waals surface area contributed by atoms with Crippen molar-refractivity contribution in [1.82, 2.24) is 0 Å². The van der Waals surface area contributed by atoms with E-state index < -0.39 is 0 Å². The molecular weight excluding hydrogens is 607 g/mol. The summed E-state index contributed by atoms with van der Waals surface area (Å²) in [6.07, 6.45) is 0. The highest BCUT2D eigenvalue weighted by Gasteiger charge is 2.27. The van der Waals surface area contributed by atoms with Crippen LogP contribution in [-0.4, -0.2) is 0 Å². The summed E-state index contributed by atoms with van der Waals surface area (Å²) < 4.78 is 6.70. The van der Waals surface area contributed by atoms with Gasteiger partial charge in [-0.2, -0.15) is 0 Å². The molecule has 0 unspecified atom stereocenters. The highest BCUT2D eigenvalue weighted by Crippen LogP contribution is 2.53. The van der Waals surface area contributed by atoms with Gasteiger partial charge in [-0.15, -0.1) is 0 Å². The second kappa shape index (κ2) is 11.5. The Morgan fingerprint density at radius 1 is 0.320 bits per heavy atom. The number of hydrogen-bond acceptors (Lipinski definition) is 2. The van der Waals surface area contributed by atoms with E-state index in [0.29, 0.717) is 0 Å². The first-order valence-electron chi connectivity index (χ1n) is 17.1. The van der Waals surface area contributed by atoms with E-state index in [2.05, 4.69) is 187 Å². The van der Waals surface area contributed by atoms with Gasteiger partial charge in [-0.1, -0.05) is 158 Å². The molecule has 2 heteroatoms. The third-order valence-corrected chi connectivity index (χ3v) is 10.1. The molecule has 1 heterocycles. The van der Waals surface area contributed by atoms with Crippen LogP contribution in [-0.2, 0) is 0 Å². The molecule has 0 saturated heterocycles. The van der Waals surface area contributed by atoms with E-state index in [-0.39, 0.29) is 0 Å². The lowest BCUT2D eigenvalue weighted by molar-refractivity contribution is 0.669. The van der Waals surface area contributed by atoms with Crippen LogP contribution in [0.4, 0.5) is 17.1 Å². The maximum atomic E-state index is 6.70. The summed E-state index contributed by atoms with van der Waals surface area (Å²) in [7, 11) is 0. The van der Waals surface area contributed by atoms with Crippen LogP contribution in [0.2, 0.25) is 0 Å². The van der Waals surface area contributed by atoms with Crippen LogP contribution >= 0.6 is 0 Å². The molecule has 2 bridgehead atoms. The number of anilines is 3. The predicted molar refractivity (Wildman–Crippen MR) is 209 cm³/mol. The van der Waals surface area contributed by atoms with Crippen LogP contribution < -0.4 is 4.90 Å². The molecule has 2 nitrogen and oxygen atoms in total. The summed E-state index contributed by atoms with van der Waals surface area (Å²) >= 11 is 0. The van der Waals surface area contributed by atoms with Gasteiger partial charge in [0.1, 0.15) is 5.58 Å². The minimum atomic E-state index is 0.865. The van der Waals surface area contributed by atoms with Crippen LogP contribution in [0.15, 0.2) is 192 Å². The topological polar surface area (TPSA) is 16.4 Å². The molecule has 0 aliphatic heterocycles. The Morgan fingerprint density at radius 2 is 0.800 bits per heavy atom.